The van der Waals surface area contributed by atoms with Crippen LogP contribution in [0.4, 0.5) is 0 Å². The molecule has 0 radical (unpaired) electrons. The molecular formula is C17H26NNa2O6P. The van der Waals surface area contributed by atoms with Gasteiger partial charge in [-0.3, -0.25) is 4.79 Å². The van der Waals surface area contributed by atoms with E-state index in [-0.39, 0.29) is 65.0 Å². The van der Waals surface area contributed by atoms with E-state index in [1.807, 2.05) is 0 Å². The van der Waals surface area contributed by atoms with E-state index in [2.05, 4.69) is 16.8 Å². The summed E-state index contributed by atoms with van der Waals surface area (Å²) < 4.78 is 20.3. The summed E-state index contributed by atoms with van der Waals surface area (Å²) in [6, 6.07) is 6.07. The number of hydrogen-bond acceptors (Lipinski definition) is 6. The number of carbonyl (C=O) groups excluding carboxylic acids is 1. The molecule has 1 atom stereocenters. The number of phosphoric ester groups is 1. The van der Waals surface area contributed by atoms with E-state index >= 15 is 0 Å². The molecule has 0 aliphatic carbocycles. The van der Waals surface area contributed by atoms with Gasteiger partial charge in [0.15, 0.2) is 0 Å². The summed E-state index contributed by atoms with van der Waals surface area (Å²) in [5.41, 5.74) is 0.604. The van der Waals surface area contributed by atoms with Crippen molar-refractivity contribution >= 4 is 13.7 Å². The van der Waals surface area contributed by atoms with Gasteiger partial charge in [0.1, 0.15) is 5.75 Å². The molecule has 0 bridgehead atoms. The Labute approximate surface area is 205 Å². The number of amides is 1. The van der Waals surface area contributed by atoms with Gasteiger partial charge < -0.3 is 28.9 Å². The van der Waals surface area contributed by atoms with Crippen LogP contribution in [-0.2, 0) is 13.9 Å². The predicted molar refractivity (Wildman–Crippen MR) is 90.8 cm³/mol. The molecule has 1 unspecified atom stereocenters. The van der Waals surface area contributed by atoms with E-state index in [1.165, 1.54) is 7.11 Å². The maximum absolute atomic E-state index is 12.1. The first-order valence-corrected chi connectivity index (χ1v) is 9.91. The summed E-state index contributed by atoms with van der Waals surface area (Å²) in [6.45, 7) is 1.68. The van der Waals surface area contributed by atoms with Gasteiger partial charge in [0.05, 0.1) is 27.6 Å². The SMILES string of the molecule is CCCCCCCC(=O)NC(COP(=O)([O-])[O-])c1cccc(OC)c1.[Na+].[Na+]. The number of hydrogen-bond donors (Lipinski definition) is 1. The number of rotatable bonds is 12. The van der Waals surface area contributed by atoms with Crippen LogP contribution in [0.25, 0.3) is 0 Å². The Bertz CT molecular complexity index is 584. The molecule has 0 saturated carbocycles. The van der Waals surface area contributed by atoms with Crippen molar-refractivity contribution in [3.05, 3.63) is 29.8 Å². The minimum Gasteiger partial charge on any atom is -0.790 e. The van der Waals surface area contributed by atoms with Crippen molar-refractivity contribution in [2.75, 3.05) is 13.7 Å². The Morgan fingerprint density at radius 1 is 1.19 bits per heavy atom. The van der Waals surface area contributed by atoms with Crippen LogP contribution in [0.5, 0.6) is 5.75 Å². The van der Waals surface area contributed by atoms with Crippen LogP contribution in [0.3, 0.4) is 0 Å². The Kier molecular flexibility index (Phi) is 18.1. The summed E-state index contributed by atoms with van der Waals surface area (Å²) in [5.74, 6) is 0.350. The quantitative estimate of drug-likeness (QED) is 0.211. The predicted octanol–water partition coefficient (Wildman–Crippen LogP) is -3.93. The number of phosphoric acid groups is 1. The second-order valence-corrected chi connectivity index (χ2v) is 6.96. The Morgan fingerprint density at radius 3 is 2.44 bits per heavy atom. The smallest absolute Gasteiger partial charge is 0.790 e. The molecule has 27 heavy (non-hydrogen) atoms. The van der Waals surface area contributed by atoms with Crippen molar-refractivity contribution in [1.29, 1.82) is 0 Å². The zero-order valence-electron chi connectivity index (χ0n) is 16.7. The zero-order chi connectivity index (χ0) is 18.7. The van der Waals surface area contributed by atoms with Gasteiger partial charge in [0.2, 0.25) is 5.91 Å². The topological polar surface area (TPSA) is 111 Å². The van der Waals surface area contributed by atoms with Crippen LogP contribution in [0.1, 0.15) is 57.1 Å². The molecule has 10 heteroatoms. The normalized spacial score (nSPS) is 11.7. The van der Waals surface area contributed by atoms with Gasteiger partial charge in [-0.2, -0.15) is 0 Å². The van der Waals surface area contributed by atoms with Crippen molar-refractivity contribution in [2.24, 2.45) is 0 Å². The van der Waals surface area contributed by atoms with Gasteiger partial charge in [-0.25, -0.2) is 0 Å². The molecule has 1 aromatic carbocycles. The maximum atomic E-state index is 12.1. The van der Waals surface area contributed by atoms with Crippen LogP contribution in [0.2, 0.25) is 0 Å². The maximum Gasteiger partial charge on any atom is 1.00 e. The molecule has 1 amide bonds. The monoisotopic (exact) mass is 417 g/mol. The van der Waals surface area contributed by atoms with E-state index < -0.39 is 20.5 Å². The van der Waals surface area contributed by atoms with Crippen LogP contribution in [0.15, 0.2) is 24.3 Å². The first-order chi connectivity index (χ1) is 11.9. The third-order valence-electron chi connectivity index (χ3n) is 3.74. The fraction of sp³-hybridized carbons (Fsp3) is 0.588. The summed E-state index contributed by atoms with van der Waals surface area (Å²) >= 11 is 0. The second kappa shape index (κ2) is 16.4. The van der Waals surface area contributed by atoms with E-state index in [1.54, 1.807) is 24.3 Å². The number of benzene rings is 1. The molecule has 1 N–H and O–H groups in total. The van der Waals surface area contributed by atoms with E-state index in [4.69, 9.17) is 4.74 Å². The molecule has 0 aliphatic heterocycles. The molecule has 1 rings (SSSR count). The molecule has 142 valence electrons. The van der Waals surface area contributed by atoms with Crippen molar-refractivity contribution in [1.82, 2.24) is 5.32 Å². The number of carbonyl (C=O) groups is 1. The number of ether oxygens (including phenoxy) is 1. The first kappa shape index (κ1) is 29.8. The fourth-order valence-corrected chi connectivity index (χ4v) is 2.73. The Morgan fingerprint density at radius 2 is 1.85 bits per heavy atom. The standard InChI is InChI=1S/C17H28NO6P.2Na/c1-3-4-5-6-7-11-17(19)18-16(13-24-25(20,21)22)14-9-8-10-15(12-14)23-2;;/h8-10,12,16H,3-7,11,13H2,1-2H3,(H,18,19)(H2,20,21,22);;/q;2*+1/p-2. The van der Waals surface area contributed by atoms with Crippen molar-refractivity contribution < 1.29 is 87.5 Å². The summed E-state index contributed by atoms with van der Waals surface area (Å²) in [5, 5.41) is 2.73. The molecule has 0 saturated heterocycles. The molecule has 7 nitrogen and oxygen atoms in total. The molecule has 0 aromatic heterocycles. The second-order valence-electron chi connectivity index (χ2n) is 5.80. The number of methoxy groups -OCH3 is 1. The van der Waals surface area contributed by atoms with Gasteiger partial charge in [0, 0.05) is 6.42 Å². The van der Waals surface area contributed by atoms with Crippen LogP contribution in [0, 0.1) is 0 Å². The molecular weight excluding hydrogens is 391 g/mol. The van der Waals surface area contributed by atoms with Gasteiger partial charge in [-0.05, 0) is 24.1 Å². The summed E-state index contributed by atoms with van der Waals surface area (Å²) in [6.07, 6.45) is 5.44. The van der Waals surface area contributed by atoms with E-state index in [9.17, 15) is 19.1 Å². The molecule has 1 aromatic rings. The Balaban J connectivity index is 0. The van der Waals surface area contributed by atoms with Gasteiger partial charge >= 0.3 is 59.1 Å². The molecule has 0 spiro atoms. The van der Waals surface area contributed by atoms with E-state index in [0.717, 1.165) is 32.1 Å². The summed E-state index contributed by atoms with van der Waals surface area (Å²) in [4.78, 5) is 33.6. The molecule has 0 heterocycles. The minimum absolute atomic E-state index is 0. The van der Waals surface area contributed by atoms with Crippen molar-refractivity contribution in [3.63, 3.8) is 0 Å². The molecule has 0 fully saturated rings. The van der Waals surface area contributed by atoms with Crippen molar-refractivity contribution in [3.8, 4) is 5.75 Å². The van der Waals surface area contributed by atoms with Gasteiger partial charge in [-0.15, -0.1) is 0 Å². The van der Waals surface area contributed by atoms with Gasteiger partial charge in [-0.1, -0.05) is 44.7 Å². The zero-order valence-corrected chi connectivity index (χ0v) is 21.6. The fourth-order valence-electron chi connectivity index (χ4n) is 2.40. The van der Waals surface area contributed by atoms with Crippen molar-refractivity contribution in [2.45, 2.75) is 51.5 Å². The first-order valence-electron chi connectivity index (χ1n) is 8.45. The third-order valence-corrected chi connectivity index (χ3v) is 4.20. The minimum atomic E-state index is -5.12. The van der Waals surface area contributed by atoms with Crippen LogP contribution < -0.4 is 79.0 Å². The number of nitrogens with one attached hydrogen (secondary N) is 1. The third kappa shape index (κ3) is 14.3. The largest absolute Gasteiger partial charge is 1.00 e. The average molecular weight is 417 g/mol. The van der Waals surface area contributed by atoms with Gasteiger partial charge in [0.25, 0.3) is 0 Å². The Hall–Kier alpha value is 0.600. The molecule has 0 aliphatic rings. The number of unbranched alkanes of at least 4 members (excludes halogenated alkanes) is 4. The van der Waals surface area contributed by atoms with Crippen LogP contribution >= 0.6 is 7.82 Å². The average Bonchev–Trinajstić information content (AvgIpc) is 2.57. The van der Waals surface area contributed by atoms with Crippen LogP contribution in [-0.4, -0.2) is 19.6 Å². The summed E-state index contributed by atoms with van der Waals surface area (Å²) in [7, 11) is -3.62. The van der Waals surface area contributed by atoms with E-state index in [0.29, 0.717) is 17.7 Å².